The number of aromatic nitrogens is 3. The standard InChI is InChI=1S/C22H29N5O2/c1-25-11-3-2-4-20(22(25)29)26-12-7-17(8-13-26)15-27-16-24-19(14-21(27)28)18-5-9-23-10-6-18/h5-6,9-10,14,16-17,20H,2-4,7-8,11-13,15H2,1H3. The van der Waals surface area contributed by atoms with Gasteiger partial charge < -0.3 is 4.90 Å². The van der Waals surface area contributed by atoms with Gasteiger partial charge >= 0.3 is 0 Å². The predicted octanol–water partition coefficient (Wildman–Crippen LogP) is 2.03. The van der Waals surface area contributed by atoms with Crippen molar-refractivity contribution < 1.29 is 4.79 Å². The molecule has 7 nitrogen and oxygen atoms in total. The van der Waals surface area contributed by atoms with Crippen molar-refractivity contribution in [2.45, 2.75) is 44.7 Å². The Labute approximate surface area is 171 Å². The summed E-state index contributed by atoms with van der Waals surface area (Å²) in [6, 6.07) is 5.35. The maximum Gasteiger partial charge on any atom is 0.253 e. The van der Waals surface area contributed by atoms with Gasteiger partial charge in [-0.1, -0.05) is 0 Å². The summed E-state index contributed by atoms with van der Waals surface area (Å²) in [6.45, 7) is 3.41. The van der Waals surface area contributed by atoms with Gasteiger partial charge in [-0.2, -0.15) is 0 Å². The van der Waals surface area contributed by atoms with Gasteiger partial charge in [-0.25, -0.2) is 4.98 Å². The Morgan fingerprint density at radius 2 is 1.79 bits per heavy atom. The summed E-state index contributed by atoms with van der Waals surface area (Å²) in [5.41, 5.74) is 1.56. The normalized spacial score (nSPS) is 21.9. The predicted molar refractivity (Wildman–Crippen MR) is 111 cm³/mol. The van der Waals surface area contributed by atoms with E-state index < -0.39 is 0 Å². The van der Waals surface area contributed by atoms with Gasteiger partial charge in [0.2, 0.25) is 5.91 Å². The van der Waals surface area contributed by atoms with Crippen molar-refractivity contribution in [3.63, 3.8) is 0 Å². The molecule has 0 aromatic carbocycles. The molecule has 2 saturated heterocycles. The van der Waals surface area contributed by atoms with E-state index in [1.54, 1.807) is 29.4 Å². The molecule has 0 radical (unpaired) electrons. The molecule has 0 aliphatic carbocycles. The molecule has 0 bridgehead atoms. The zero-order valence-electron chi connectivity index (χ0n) is 17.0. The van der Waals surface area contributed by atoms with Gasteiger partial charge in [0, 0.05) is 44.2 Å². The van der Waals surface area contributed by atoms with Gasteiger partial charge in [-0.05, 0) is 63.2 Å². The monoisotopic (exact) mass is 395 g/mol. The fourth-order valence-corrected chi connectivity index (χ4v) is 4.48. The molecule has 1 atom stereocenters. The second kappa shape index (κ2) is 8.86. The number of carbonyl (C=O) groups excluding carboxylic acids is 1. The fraction of sp³-hybridized carbons (Fsp3) is 0.545. The highest BCUT2D eigenvalue weighted by Gasteiger charge is 2.32. The first-order chi connectivity index (χ1) is 14.1. The maximum atomic E-state index is 12.6. The van der Waals surface area contributed by atoms with E-state index in [1.165, 1.54) is 0 Å². The molecule has 2 fully saturated rings. The number of likely N-dealkylation sites (N-methyl/N-ethyl adjacent to an activating group) is 1. The first kappa shape index (κ1) is 19.8. The molecule has 1 unspecified atom stereocenters. The number of rotatable bonds is 4. The van der Waals surface area contributed by atoms with Gasteiger partial charge in [0.25, 0.3) is 5.56 Å². The van der Waals surface area contributed by atoms with E-state index in [1.807, 2.05) is 24.1 Å². The largest absolute Gasteiger partial charge is 0.344 e. The van der Waals surface area contributed by atoms with E-state index in [9.17, 15) is 9.59 Å². The van der Waals surface area contributed by atoms with Crippen LogP contribution in [-0.2, 0) is 11.3 Å². The van der Waals surface area contributed by atoms with E-state index in [0.29, 0.717) is 18.2 Å². The van der Waals surface area contributed by atoms with Crippen molar-refractivity contribution in [3.8, 4) is 11.3 Å². The Morgan fingerprint density at radius 1 is 1.03 bits per heavy atom. The van der Waals surface area contributed by atoms with Crippen LogP contribution < -0.4 is 5.56 Å². The van der Waals surface area contributed by atoms with Gasteiger partial charge in [0.05, 0.1) is 18.1 Å². The summed E-state index contributed by atoms with van der Waals surface area (Å²) in [6.07, 6.45) is 10.3. The van der Waals surface area contributed by atoms with Crippen molar-refractivity contribution in [3.05, 3.63) is 47.3 Å². The summed E-state index contributed by atoms with van der Waals surface area (Å²) in [7, 11) is 1.92. The maximum absolute atomic E-state index is 12.6. The molecule has 154 valence electrons. The third-order valence-electron chi connectivity index (χ3n) is 6.28. The minimum absolute atomic E-state index is 0.0187. The summed E-state index contributed by atoms with van der Waals surface area (Å²) in [4.78, 5) is 37.9. The molecule has 0 N–H and O–H groups in total. The Balaban J connectivity index is 1.36. The zero-order valence-corrected chi connectivity index (χ0v) is 17.0. The summed E-state index contributed by atoms with van der Waals surface area (Å²) >= 11 is 0. The van der Waals surface area contributed by atoms with Crippen LogP contribution in [0.3, 0.4) is 0 Å². The first-order valence-corrected chi connectivity index (χ1v) is 10.6. The van der Waals surface area contributed by atoms with E-state index in [4.69, 9.17) is 0 Å². The minimum atomic E-state index is -0.0187. The molecule has 29 heavy (non-hydrogen) atoms. The number of likely N-dealkylation sites (tertiary alicyclic amines) is 2. The zero-order chi connectivity index (χ0) is 20.2. The highest BCUT2D eigenvalue weighted by atomic mass is 16.2. The van der Waals surface area contributed by atoms with Crippen molar-refractivity contribution in [1.29, 1.82) is 0 Å². The average Bonchev–Trinajstić information content (AvgIpc) is 2.92. The van der Waals surface area contributed by atoms with Crippen molar-refractivity contribution >= 4 is 5.91 Å². The number of hydrogen-bond donors (Lipinski definition) is 0. The topological polar surface area (TPSA) is 71.3 Å². The van der Waals surface area contributed by atoms with Crippen LogP contribution in [0, 0.1) is 5.92 Å². The second-order valence-electron chi connectivity index (χ2n) is 8.25. The molecule has 0 spiro atoms. The van der Waals surface area contributed by atoms with Crippen molar-refractivity contribution in [2.24, 2.45) is 5.92 Å². The summed E-state index contributed by atoms with van der Waals surface area (Å²) in [5.74, 6) is 0.712. The molecule has 4 heterocycles. The van der Waals surface area contributed by atoms with Crippen LogP contribution in [0.1, 0.15) is 32.1 Å². The Kier molecular flexibility index (Phi) is 6.04. The highest BCUT2D eigenvalue weighted by molar-refractivity contribution is 5.81. The van der Waals surface area contributed by atoms with Crippen LogP contribution in [0.5, 0.6) is 0 Å². The number of amides is 1. The lowest BCUT2D eigenvalue weighted by molar-refractivity contribution is -0.135. The molecule has 2 aromatic rings. The lowest BCUT2D eigenvalue weighted by Gasteiger charge is -2.37. The molecule has 4 rings (SSSR count). The molecule has 1 amide bonds. The second-order valence-corrected chi connectivity index (χ2v) is 8.25. The number of pyridine rings is 1. The lowest BCUT2D eigenvalue weighted by atomic mass is 9.94. The molecule has 0 saturated carbocycles. The first-order valence-electron chi connectivity index (χ1n) is 10.6. The fourth-order valence-electron chi connectivity index (χ4n) is 4.48. The van der Waals surface area contributed by atoms with Gasteiger partial charge in [0.15, 0.2) is 0 Å². The van der Waals surface area contributed by atoms with Crippen LogP contribution in [0.25, 0.3) is 11.3 Å². The van der Waals surface area contributed by atoms with Crippen LogP contribution in [0.15, 0.2) is 41.7 Å². The molecular weight excluding hydrogens is 366 g/mol. The van der Waals surface area contributed by atoms with Gasteiger partial charge in [-0.15, -0.1) is 0 Å². The third kappa shape index (κ3) is 4.56. The highest BCUT2D eigenvalue weighted by Crippen LogP contribution is 2.24. The van der Waals surface area contributed by atoms with Gasteiger partial charge in [-0.3, -0.25) is 24.0 Å². The smallest absolute Gasteiger partial charge is 0.253 e. The number of hydrogen-bond acceptors (Lipinski definition) is 5. The Hall–Kier alpha value is -2.54. The summed E-state index contributed by atoms with van der Waals surface area (Å²) < 4.78 is 1.72. The minimum Gasteiger partial charge on any atom is -0.344 e. The molecule has 2 aliphatic heterocycles. The van der Waals surface area contributed by atoms with Gasteiger partial charge in [0.1, 0.15) is 0 Å². The number of piperidine rings is 1. The van der Waals surface area contributed by atoms with Crippen molar-refractivity contribution in [2.75, 3.05) is 26.7 Å². The van der Waals surface area contributed by atoms with E-state index in [-0.39, 0.29) is 17.5 Å². The van der Waals surface area contributed by atoms with Crippen LogP contribution in [-0.4, -0.2) is 63.0 Å². The van der Waals surface area contributed by atoms with Crippen LogP contribution in [0.2, 0.25) is 0 Å². The Morgan fingerprint density at radius 3 is 2.52 bits per heavy atom. The molecule has 2 aromatic heterocycles. The molecule has 7 heteroatoms. The van der Waals surface area contributed by atoms with Crippen LogP contribution >= 0.6 is 0 Å². The Bertz CT molecular complexity index is 890. The van der Waals surface area contributed by atoms with E-state index in [2.05, 4.69) is 14.9 Å². The van der Waals surface area contributed by atoms with Crippen molar-refractivity contribution in [1.82, 2.24) is 24.3 Å². The molecule has 2 aliphatic rings. The number of nitrogens with zero attached hydrogens (tertiary/aromatic N) is 5. The van der Waals surface area contributed by atoms with E-state index in [0.717, 1.165) is 57.3 Å². The SMILES string of the molecule is CN1CCCCC(N2CCC(Cn3cnc(-c4ccncc4)cc3=O)CC2)C1=O. The van der Waals surface area contributed by atoms with Crippen LogP contribution in [0.4, 0.5) is 0 Å². The van der Waals surface area contributed by atoms with E-state index >= 15 is 0 Å². The lowest BCUT2D eigenvalue weighted by Crippen LogP contribution is -2.49. The molecular formula is C22H29N5O2. The average molecular weight is 396 g/mol. The third-order valence-corrected chi connectivity index (χ3v) is 6.28. The summed E-state index contributed by atoms with van der Waals surface area (Å²) in [5, 5.41) is 0. The quantitative estimate of drug-likeness (QED) is 0.792. The number of carbonyl (C=O) groups is 1.